The number of benzene rings is 1. The Labute approximate surface area is 124 Å². The molecule has 7 heteroatoms. The molecule has 4 nitrogen and oxygen atoms in total. The molecule has 0 amide bonds. The number of hydrogen-bond donors (Lipinski definition) is 2. The molecular formula is C12H13BrN2O2S2. The Morgan fingerprint density at radius 2 is 1.95 bits per heavy atom. The van der Waals surface area contributed by atoms with Crippen molar-refractivity contribution in [2.24, 2.45) is 5.14 Å². The smallest absolute Gasteiger partial charge is 0.240 e. The molecular weight excluding hydrogens is 348 g/mol. The largest absolute Gasteiger partial charge is 0.384 e. The number of halogens is 1. The third-order valence-corrected chi connectivity index (χ3v) is 5.16. The van der Waals surface area contributed by atoms with E-state index in [4.69, 9.17) is 5.14 Å². The zero-order valence-electron chi connectivity index (χ0n) is 9.97. The van der Waals surface area contributed by atoms with Crippen molar-refractivity contribution in [3.63, 3.8) is 0 Å². The zero-order valence-corrected chi connectivity index (χ0v) is 13.2. The van der Waals surface area contributed by atoms with E-state index in [1.807, 2.05) is 12.1 Å². The minimum absolute atomic E-state index is 0.127. The fourth-order valence-electron chi connectivity index (χ4n) is 1.67. The number of primary sulfonamides is 1. The van der Waals surface area contributed by atoms with E-state index in [1.54, 1.807) is 29.5 Å². The average molecular weight is 361 g/mol. The van der Waals surface area contributed by atoms with E-state index in [1.165, 1.54) is 10.9 Å². The van der Waals surface area contributed by atoms with Gasteiger partial charge in [-0.25, -0.2) is 13.6 Å². The quantitative estimate of drug-likeness (QED) is 0.860. The number of thiophene rings is 1. The minimum atomic E-state index is -3.69. The number of hydrogen-bond acceptors (Lipinski definition) is 4. The van der Waals surface area contributed by atoms with E-state index in [0.29, 0.717) is 12.2 Å². The lowest BCUT2D eigenvalue weighted by atomic mass is 10.3. The fraction of sp³-hybridized carbons (Fsp3) is 0.167. The van der Waals surface area contributed by atoms with E-state index in [0.717, 1.165) is 10.2 Å². The van der Waals surface area contributed by atoms with Crippen LogP contribution in [0.25, 0.3) is 0 Å². The number of anilines is 1. The Balaban J connectivity index is 2.04. The van der Waals surface area contributed by atoms with E-state index in [2.05, 4.69) is 21.2 Å². The highest BCUT2D eigenvalue weighted by Gasteiger charge is 2.12. The summed E-state index contributed by atoms with van der Waals surface area (Å²) in [6.45, 7) is 0.652. The molecule has 3 N–H and O–H groups in total. The predicted molar refractivity (Wildman–Crippen MR) is 82.0 cm³/mol. The molecule has 0 saturated heterocycles. The summed E-state index contributed by atoms with van der Waals surface area (Å²) in [5, 5.41) is 8.28. The summed E-state index contributed by atoms with van der Waals surface area (Å²) in [5.41, 5.74) is 0.542. The zero-order chi connectivity index (χ0) is 13.9. The molecule has 1 heterocycles. The standard InChI is InChI=1S/C12H13BrN2O2S2/c13-12-6-5-9(18-12)7-8-15-10-3-1-2-4-11(10)19(14,16)17/h1-6,15H,7-8H2,(H2,14,16,17). The Morgan fingerprint density at radius 3 is 2.58 bits per heavy atom. The molecule has 0 bridgehead atoms. The van der Waals surface area contributed by atoms with Crippen molar-refractivity contribution in [2.45, 2.75) is 11.3 Å². The van der Waals surface area contributed by atoms with Crippen LogP contribution in [0.15, 0.2) is 45.1 Å². The van der Waals surface area contributed by atoms with Crippen LogP contribution in [-0.2, 0) is 16.4 Å². The molecule has 1 aromatic heterocycles. The second-order valence-corrected chi connectivity index (χ2v) is 8.00. The molecule has 0 aliphatic carbocycles. The highest BCUT2D eigenvalue weighted by atomic mass is 79.9. The first-order chi connectivity index (χ1) is 8.97. The van der Waals surface area contributed by atoms with Crippen molar-refractivity contribution in [3.05, 3.63) is 45.1 Å². The van der Waals surface area contributed by atoms with Crippen LogP contribution in [-0.4, -0.2) is 15.0 Å². The SMILES string of the molecule is NS(=O)(=O)c1ccccc1NCCc1ccc(Br)s1. The van der Waals surface area contributed by atoms with Gasteiger partial charge in [-0.1, -0.05) is 12.1 Å². The van der Waals surface area contributed by atoms with Crippen LogP contribution >= 0.6 is 27.3 Å². The molecule has 0 saturated carbocycles. The van der Waals surface area contributed by atoms with Crippen molar-refractivity contribution in [2.75, 3.05) is 11.9 Å². The highest BCUT2D eigenvalue weighted by Crippen LogP contribution is 2.23. The maximum absolute atomic E-state index is 11.4. The molecule has 19 heavy (non-hydrogen) atoms. The number of rotatable bonds is 5. The van der Waals surface area contributed by atoms with Crippen molar-refractivity contribution in [3.8, 4) is 0 Å². The Morgan fingerprint density at radius 1 is 1.21 bits per heavy atom. The fourth-order valence-corrected chi connectivity index (χ4v) is 3.86. The highest BCUT2D eigenvalue weighted by molar-refractivity contribution is 9.11. The maximum Gasteiger partial charge on any atom is 0.240 e. The molecule has 102 valence electrons. The molecule has 2 aromatic rings. The summed E-state index contributed by atoms with van der Waals surface area (Å²) in [6, 6.07) is 10.7. The summed E-state index contributed by atoms with van der Waals surface area (Å²) >= 11 is 5.08. The first-order valence-corrected chi connectivity index (χ1v) is 8.72. The average Bonchev–Trinajstić information content (AvgIpc) is 2.74. The van der Waals surface area contributed by atoms with E-state index < -0.39 is 10.0 Å². The van der Waals surface area contributed by atoms with Crippen LogP contribution in [0.4, 0.5) is 5.69 Å². The van der Waals surface area contributed by atoms with Gasteiger partial charge in [-0.15, -0.1) is 11.3 Å². The molecule has 0 atom stereocenters. The minimum Gasteiger partial charge on any atom is -0.384 e. The normalized spacial score (nSPS) is 11.5. The molecule has 0 radical (unpaired) electrons. The van der Waals surface area contributed by atoms with E-state index in [9.17, 15) is 8.42 Å². The predicted octanol–water partition coefficient (Wildman–Crippen LogP) is 2.81. The Hall–Kier alpha value is -0.890. The summed E-state index contributed by atoms with van der Waals surface area (Å²) in [5.74, 6) is 0. The van der Waals surface area contributed by atoms with Crippen LogP contribution in [0.2, 0.25) is 0 Å². The summed E-state index contributed by atoms with van der Waals surface area (Å²) in [7, 11) is -3.69. The number of para-hydroxylation sites is 1. The maximum atomic E-state index is 11.4. The van der Waals surface area contributed by atoms with Gasteiger partial charge in [0.15, 0.2) is 0 Å². The molecule has 0 aliphatic heterocycles. The van der Waals surface area contributed by atoms with Gasteiger partial charge >= 0.3 is 0 Å². The lowest BCUT2D eigenvalue weighted by Crippen LogP contribution is -2.15. The molecule has 0 spiro atoms. The molecule has 0 fully saturated rings. The van der Waals surface area contributed by atoms with Crippen LogP contribution in [0, 0.1) is 0 Å². The summed E-state index contributed by atoms with van der Waals surface area (Å²) < 4.78 is 23.9. The van der Waals surface area contributed by atoms with Crippen LogP contribution < -0.4 is 10.5 Å². The van der Waals surface area contributed by atoms with Crippen molar-refractivity contribution >= 4 is 43.0 Å². The van der Waals surface area contributed by atoms with Gasteiger partial charge in [0.25, 0.3) is 0 Å². The van der Waals surface area contributed by atoms with Crippen molar-refractivity contribution < 1.29 is 8.42 Å². The van der Waals surface area contributed by atoms with Gasteiger partial charge in [0, 0.05) is 11.4 Å². The third-order valence-electron chi connectivity index (χ3n) is 2.51. The van der Waals surface area contributed by atoms with Gasteiger partial charge in [-0.3, -0.25) is 0 Å². The number of nitrogens with one attached hydrogen (secondary N) is 1. The topological polar surface area (TPSA) is 72.2 Å². The summed E-state index contributed by atoms with van der Waals surface area (Å²) in [6.07, 6.45) is 0.829. The van der Waals surface area contributed by atoms with Crippen LogP contribution in [0.1, 0.15) is 4.88 Å². The van der Waals surface area contributed by atoms with Gasteiger partial charge in [-0.2, -0.15) is 0 Å². The van der Waals surface area contributed by atoms with Gasteiger partial charge in [0.2, 0.25) is 10.0 Å². The van der Waals surface area contributed by atoms with Crippen molar-refractivity contribution in [1.82, 2.24) is 0 Å². The van der Waals surface area contributed by atoms with Gasteiger partial charge in [0.05, 0.1) is 9.47 Å². The first kappa shape index (κ1) is 14.5. The van der Waals surface area contributed by atoms with Gasteiger partial charge in [-0.05, 0) is 46.6 Å². The van der Waals surface area contributed by atoms with Gasteiger partial charge < -0.3 is 5.32 Å². The number of nitrogens with two attached hydrogens (primary N) is 1. The second-order valence-electron chi connectivity index (χ2n) is 3.92. The van der Waals surface area contributed by atoms with E-state index >= 15 is 0 Å². The Bertz CT molecular complexity index is 668. The third kappa shape index (κ3) is 4.04. The lowest BCUT2D eigenvalue weighted by molar-refractivity contribution is 0.598. The lowest BCUT2D eigenvalue weighted by Gasteiger charge is -2.09. The van der Waals surface area contributed by atoms with Crippen molar-refractivity contribution in [1.29, 1.82) is 0 Å². The van der Waals surface area contributed by atoms with E-state index in [-0.39, 0.29) is 4.90 Å². The van der Waals surface area contributed by atoms with Crippen LogP contribution in [0.3, 0.4) is 0 Å². The summed E-state index contributed by atoms with van der Waals surface area (Å²) in [4.78, 5) is 1.36. The van der Waals surface area contributed by atoms with Crippen LogP contribution in [0.5, 0.6) is 0 Å². The first-order valence-electron chi connectivity index (χ1n) is 5.57. The monoisotopic (exact) mass is 360 g/mol. The molecule has 0 unspecified atom stereocenters. The molecule has 1 aromatic carbocycles. The molecule has 2 rings (SSSR count). The number of sulfonamides is 1. The molecule has 0 aliphatic rings. The Kier molecular flexibility index (Phi) is 4.62. The van der Waals surface area contributed by atoms with Gasteiger partial charge in [0.1, 0.15) is 4.90 Å². The second kappa shape index (κ2) is 6.04.